The van der Waals surface area contributed by atoms with Crippen molar-refractivity contribution in [2.75, 3.05) is 4.90 Å². The van der Waals surface area contributed by atoms with Gasteiger partial charge in [0, 0.05) is 0 Å². The fourth-order valence-electron chi connectivity index (χ4n) is 1.37. The molecule has 0 bridgehead atoms. The molecule has 0 spiro atoms. The van der Waals surface area contributed by atoms with Crippen LogP contribution in [-0.2, 0) is 0 Å². The summed E-state index contributed by atoms with van der Waals surface area (Å²) < 4.78 is 0. The molecule has 1 aromatic carbocycles. The standard InChI is InChI=1S/C10H7N2O/c11-7-12-9-4-2-1-3-8(9)5-6-10(12)13/h1-6,10H/q-1. The zero-order valence-electron chi connectivity index (χ0n) is 6.84. The normalized spacial score (nSPS) is 19.4. The first-order chi connectivity index (χ1) is 6.33. The second-order valence-corrected chi connectivity index (χ2v) is 2.78. The molecule has 0 saturated carbocycles. The number of fused-ring (bicyclic) bond motifs is 1. The molecule has 1 unspecified atom stereocenters. The van der Waals surface area contributed by atoms with Gasteiger partial charge >= 0.3 is 0 Å². The minimum atomic E-state index is -1.08. The SMILES string of the molecule is N#CN1c2ccccc2C=CC1[O-]. The number of nitrogens with zero attached hydrogens (tertiary/aromatic N) is 2. The van der Waals surface area contributed by atoms with E-state index in [1.54, 1.807) is 12.1 Å². The molecule has 0 aliphatic carbocycles. The van der Waals surface area contributed by atoms with Gasteiger partial charge in [-0.15, -0.1) is 0 Å². The largest absolute Gasteiger partial charge is 0.832 e. The first-order valence-corrected chi connectivity index (χ1v) is 3.95. The van der Waals surface area contributed by atoms with E-state index >= 15 is 0 Å². The van der Waals surface area contributed by atoms with E-state index in [1.165, 1.54) is 6.08 Å². The molecule has 0 aromatic heterocycles. The highest BCUT2D eigenvalue weighted by molar-refractivity contribution is 5.73. The highest BCUT2D eigenvalue weighted by atomic mass is 16.3. The van der Waals surface area contributed by atoms with Gasteiger partial charge in [-0.3, -0.25) is 4.90 Å². The van der Waals surface area contributed by atoms with Crippen LogP contribution in [0, 0.1) is 11.5 Å². The number of hydrogen-bond acceptors (Lipinski definition) is 3. The number of hydrogen-bond donors (Lipinski definition) is 0. The molecule has 64 valence electrons. The molecular weight excluding hydrogens is 164 g/mol. The fraction of sp³-hybridized carbons (Fsp3) is 0.100. The Labute approximate surface area is 76.1 Å². The van der Waals surface area contributed by atoms with Crippen molar-refractivity contribution in [2.45, 2.75) is 6.23 Å². The van der Waals surface area contributed by atoms with Crippen LogP contribution in [0.15, 0.2) is 30.3 Å². The van der Waals surface area contributed by atoms with Gasteiger partial charge in [-0.1, -0.05) is 30.4 Å². The topological polar surface area (TPSA) is 50.1 Å². The Kier molecular flexibility index (Phi) is 1.76. The number of benzene rings is 1. The molecule has 0 fully saturated rings. The monoisotopic (exact) mass is 171 g/mol. The van der Waals surface area contributed by atoms with Gasteiger partial charge in [0.15, 0.2) is 6.19 Å². The van der Waals surface area contributed by atoms with Crippen LogP contribution in [0.25, 0.3) is 6.08 Å². The lowest BCUT2D eigenvalue weighted by molar-refractivity contribution is -0.400. The van der Waals surface area contributed by atoms with E-state index in [9.17, 15) is 5.11 Å². The molecule has 0 amide bonds. The van der Waals surface area contributed by atoms with Gasteiger partial charge in [-0.05, 0) is 17.9 Å². The zero-order valence-corrected chi connectivity index (χ0v) is 6.84. The van der Waals surface area contributed by atoms with Crippen LogP contribution in [0.3, 0.4) is 0 Å². The molecule has 13 heavy (non-hydrogen) atoms. The van der Waals surface area contributed by atoms with Crippen LogP contribution >= 0.6 is 0 Å². The number of rotatable bonds is 0. The molecule has 3 heteroatoms. The molecule has 1 atom stereocenters. The summed E-state index contributed by atoms with van der Waals surface area (Å²) in [6, 6.07) is 7.34. The zero-order chi connectivity index (χ0) is 9.26. The van der Waals surface area contributed by atoms with Crippen molar-refractivity contribution in [3.63, 3.8) is 0 Å². The van der Waals surface area contributed by atoms with Gasteiger partial charge in [0.1, 0.15) is 0 Å². The van der Waals surface area contributed by atoms with Gasteiger partial charge in [-0.2, -0.15) is 5.26 Å². The van der Waals surface area contributed by atoms with E-state index < -0.39 is 6.23 Å². The van der Waals surface area contributed by atoms with Gasteiger partial charge < -0.3 is 5.11 Å². The Morgan fingerprint density at radius 2 is 2.15 bits per heavy atom. The van der Waals surface area contributed by atoms with Crippen LogP contribution in [0.4, 0.5) is 5.69 Å². The van der Waals surface area contributed by atoms with E-state index in [0.717, 1.165) is 10.5 Å². The molecule has 1 aliphatic rings. The lowest BCUT2D eigenvalue weighted by Gasteiger charge is -2.33. The summed E-state index contributed by atoms with van der Waals surface area (Å²) in [6.07, 6.45) is 4.02. The third kappa shape index (κ3) is 1.17. The van der Waals surface area contributed by atoms with E-state index in [4.69, 9.17) is 5.26 Å². The molecule has 0 N–H and O–H groups in total. The predicted octanol–water partition coefficient (Wildman–Crippen LogP) is 0.687. The van der Waals surface area contributed by atoms with Crippen molar-refractivity contribution in [1.82, 2.24) is 0 Å². The minimum absolute atomic E-state index is 0.688. The predicted molar refractivity (Wildman–Crippen MR) is 47.4 cm³/mol. The Bertz CT molecular complexity index is 392. The first kappa shape index (κ1) is 7.84. The van der Waals surface area contributed by atoms with Gasteiger partial charge in [0.25, 0.3) is 0 Å². The smallest absolute Gasteiger partial charge is 0.183 e. The van der Waals surface area contributed by atoms with Gasteiger partial charge in [0.2, 0.25) is 0 Å². The van der Waals surface area contributed by atoms with E-state index in [2.05, 4.69) is 0 Å². The Morgan fingerprint density at radius 1 is 1.38 bits per heavy atom. The summed E-state index contributed by atoms with van der Waals surface area (Å²) in [5.74, 6) is 0. The van der Waals surface area contributed by atoms with Gasteiger partial charge in [-0.25, -0.2) is 0 Å². The highest BCUT2D eigenvalue weighted by Gasteiger charge is 2.13. The average Bonchev–Trinajstić information content (AvgIpc) is 2.18. The molecule has 0 radical (unpaired) electrons. The number of para-hydroxylation sites is 1. The summed E-state index contributed by atoms with van der Waals surface area (Å²) in [4.78, 5) is 1.16. The molecule has 3 nitrogen and oxygen atoms in total. The Morgan fingerprint density at radius 3 is 2.92 bits per heavy atom. The quantitative estimate of drug-likeness (QED) is 0.539. The van der Waals surface area contributed by atoms with Crippen LogP contribution in [0.5, 0.6) is 0 Å². The van der Waals surface area contributed by atoms with E-state index in [0.29, 0.717) is 5.69 Å². The van der Waals surface area contributed by atoms with Crippen molar-refractivity contribution < 1.29 is 5.11 Å². The number of anilines is 1. The van der Waals surface area contributed by atoms with Crippen LogP contribution < -0.4 is 10.0 Å². The van der Waals surface area contributed by atoms with E-state index in [1.807, 2.05) is 24.4 Å². The molecule has 1 aromatic rings. The van der Waals surface area contributed by atoms with Crippen LogP contribution in [-0.4, -0.2) is 6.23 Å². The molecule has 1 aliphatic heterocycles. The third-order valence-electron chi connectivity index (χ3n) is 2.00. The highest BCUT2D eigenvalue weighted by Crippen LogP contribution is 2.25. The number of nitriles is 1. The summed E-state index contributed by atoms with van der Waals surface area (Å²) in [7, 11) is 0. The summed E-state index contributed by atoms with van der Waals surface area (Å²) in [5, 5.41) is 20.0. The van der Waals surface area contributed by atoms with Crippen molar-refractivity contribution >= 4 is 11.8 Å². The summed E-state index contributed by atoms with van der Waals surface area (Å²) in [5.41, 5.74) is 1.60. The second-order valence-electron chi connectivity index (χ2n) is 2.78. The maximum absolute atomic E-state index is 11.3. The maximum Gasteiger partial charge on any atom is 0.183 e. The maximum atomic E-state index is 11.3. The summed E-state index contributed by atoms with van der Waals surface area (Å²) in [6.45, 7) is 0. The van der Waals surface area contributed by atoms with Crippen molar-refractivity contribution in [3.05, 3.63) is 35.9 Å². The lowest BCUT2D eigenvalue weighted by atomic mass is 10.1. The van der Waals surface area contributed by atoms with Crippen LogP contribution in [0.1, 0.15) is 5.56 Å². The Hall–Kier alpha value is -1.79. The van der Waals surface area contributed by atoms with Crippen LogP contribution in [0.2, 0.25) is 0 Å². The molecule has 1 heterocycles. The minimum Gasteiger partial charge on any atom is -0.832 e. The molecule has 0 saturated heterocycles. The average molecular weight is 171 g/mol. The van der Waals surface area contributed by atoms with Crippen molar-refractivity contribution in [1.29, 1.82) is 5.26 Å². The first-order valence-electron chi connectivity index (χ1n) is 3.95. The van der Waals surface area contributed by atoms with Gasteiger partial charge in [0.05, 0.1) is 5.69 Å². The molecule has 2 rings (SSSR count). The van der Waals surface area contributed by atoms with E-state index in [-0.39, 0.29) is 0 Å². The van der Waals surface area contributed by atoms with Crippen molar-refractivity contribution in [3.8, 4) is 6.19 Å². The Balaban J connectivity index is 2.55. The molecular formula is C10H7N2O-. The third-order valence-corrected chi connectivity index (χ3v) is 2.00. The summed E-state index contributed by atoms with van der Waals surface area (Å²) >= 11 is 0. The van der Waals surface area contributed by atoms with Crippen molar-refractivity contribution in [2.24, 2.45) is 0 Å². The second kappa shape index (κ2) is 2.92. The lowest BCUT2D eigenvalue weighted by Crippen LogP contribution is -2.41. The fourth-order valence-corrected chi connectivity index (χ4v) is 1.37.